The smallest absolute Gasteiger partial charge is 0.268 e. The van der Waals surface area contributed by atoms with E-state index in [0.717, 1.165) is 17.1 Å². The van der Waals surface area contributed by atoms with Crippen LogP contribution in [0.15, 0.2) is 29.2 Å². The fourth-order valence-electron chi connectivity index (χ4n) is 2.27. The highest BCUT2D eigenvalue weighted by Crippen LogP contribution is 2.31. The third-order valence-electron chi connectivity index (χ3n) is 3.25. The molecule has 1 aromatic carbocycles. The summed E-state index contributed by atoms with van der Waals surface area (Å²) in [7, 11) is -3.66. The lowest BCUT2D eigenvalue weighted by atomic mass is 10.1. The highest BCUT2D eigenvalue weighted by molar-refractivity contribution is 9.09. The zero-order valence-corrected chi connectivity index (χ0v) is 13.1. The van der Waals surface area contributed by atoms with Crippen molar-refractivity contribution in [3.63, 3.8) is 0 Å². The van der Waals surface area contributed by atoms with Gasteiger partial charge in [-0.2, -0.15) is 0 Å². The summed E-state index contributed by atoms with van der Waals surface area (Å²) in [6.07, 6.45) is 1.85. The normalized spacial score (nSPS) is 18.4. The van der Waals surface area contributed by atoms with Gasteiger partial charge in [-0.25, -0.2) is 12.7 Å². The Balaban J connectivity index is 2.32. The van der Waals surface area contributed by atoms with Gasteiger partial charge in [0.15, 0.2) is 0 Å². The van der Waals surface area contributed by atoms with Crippen LogP contribution in [0.2, 0.25) is 0 Å². The lowest BCUT2D eigenvalue weighted by Gasteiger charge is -2.21. The van der Waals surface area contributed by atoms with Crippen LogP contribution in [0.5, 0.6) is 0 Å². The molecule has 1 aliphatic heterocycles. The van der Waals surface area contributed by atoms with Gasteiger partial charge in [0.2, 0.25) is 0 Å². The van der Waals surface area contributed by atoms with Gasteiger partial charge in [0.25, 0.3) is 15.9 Å². The van der Waals surface area contributed by atoms with Crippen LogP contribution in [0.4, 0.5) is 0 Å². The average Bonchev–Trinajstić information content (AvgIpc) is 2.60. The first-order chi connectivity index (χ1) is 9.02. The Hall–Kier alpha value is -0.880. The molecule has 0 aromatic heterocycles. The number of amides is 1. The highest BCUT2D eigenvalue weighted by Gasteiger charge is 2.41. The Morgan fingerprint density at radius 1 is 1.32 bits per heavy atom. The van der Waals surface area contributed by atoms with E-state index < -0.39 is 15.9 Å². The third kappa shape index (κ3) is 2.56. The maximum Gasteiger partial charge on any atom is 0.269 e. The van der Waals surface area contributed by atoms with Crippen molar-refractivity contribution in [2.45, 2.75) is 24.7 Å². The molecule has 2 rings (SSSR count). The molecule has 0 aliphatic carbocycles. The molecule has 0 fully saturated rings. The number of benzene rings is 1. The van der Waals surface area contributed by atoms with Crippen LogP contribution in [0.1, 0.15) is 30.1 Å². The minimum absolute atomic E-state index is 0.129. The van der Waals surface area contributed by atoms with E-state index in [4.69, 9.17) is 0 Å². The number of rotatable bonds is 5. The number of hydrogen-bond acceptors (Lipinski definition) is 3. The maximum atomic E-state index is 12.3. The molecule has 1 atom stereocenters. The Morgan fingerprint density at radius 3 is 2.58 bits per heavy atom. The number of sulfonamides is 1. The van der Waals surface area contributed by atoms with Gasteiger partial charge in [-0.3, -0.25) is 4.79 Å². The first-order valence-corrected chi connectivity index (χ1v) is 8.80. The van der Waals surface area contributed by atoms with Crippen molar-refractivity contribution in [2.75, 3.05) is 11.9 Å². The first-order valence-electron chi connectivity index (χ1n) is 6.24. The molecule has 0 N–H and O–H groups in total. The molecule has 0 saturated heterocycles. The van der Waals surface area contributed by atoms with Crippen molar-refractivity contribution < 1.29 is 13.2 Å². The van der Waals surface area contributed by atoms with Crippen molar-refractivity contribution in [3.05, 3.63) is 29.8 Å². The number of carbonyl (C=O) groups excluding carboxylic acids is 1. The summed E-state index contributed by atoms with van der Waals surface area (Å²) in [6, 6.07) is 6.38. The fourth-order valence-corrected chi connectivity index (χ4v) is 4.44. The van der Waals surface area contributed by atoms with Crippen LogP contribution in [-0.2, 0) is 10.0 Å². The summed E-state index contributed by atoms with van der Waals surface area (Å²) in [5, 5.41) is 0.691. The van der Waals surface area contributed by atoms with E-state index in [2.05, 4.69) is 15.9 Å². The molecular formula is C13H16BrNO3S. The Kier molecular flexibility index (Phi) is 4.30. The van der Waals surface area contributed by atoms with Gasteiger partial charge in [0.05, 0.1) is 5.56 Å². The van der Waals surface area contributed by atoms with Gasteiger partial charge >= 0.3 is 0 Å². The molecule has 0 bridgehead atoms. The molecule has 1 unspecified atom stereocenters. The van der Waals surface area contributed by atoms with Crippen molar-refractivity contribution in [2.24, 2.45) is 5.92 Å². The van der Waals surface area contributed by atoms with Crippen molar-refractivity contribution in [3.8, 4) is 0 Å². The van der Waals surface area contributed by atoms with Crippen LogP contribution in [0.25, 0.3) is 0 Å². The van der Waals surface area contributed by atoms with Crippen LogP contribution >= 0.6 is 15.9 Å². The number of fused-ring (bicyclic) bond motifs is 1. The first kappa shape index (κ1) is 14.5. The lowest BCUT2D eigenvalue weighted by Crippen LogP contribution is -2.35. The highest BCUT2D eigenvalue weighted by atomic mass is 79.9. The van der Waals surface area contributed by atoms with E-state index in [1.54, 1.807) is 18.2 Å². The van der Waals surface area contributed by atoms with Crippen molar-refractivity contribution >= 4 is 31.9 Å². The second-order valence-electron chi connectivity index (χ2n) is 4.65. The fraction of sp³-hybridized carbons (Fsp3) is 0.462. The average molecular weight is 346 g/mol. The SMILES string of the molecule is CCCC(CBr)CN1C(=O)c2ccccc2S1(=O)=O. The molecule has 0 saturated carbocycles. The number of carbonyl (C=O) groups is 1. The molecule has 1 aliphatic rings. The predicted octanol–water partition coefficient (Wildman–Crippen LogP) is 2.64. The molecule has 1 aromatic rings. The number of alkyl halides is 1. The largest absolute Gasteiger partial charge is 0.269 e. The quantitative estimate of drug-likeness (QED) is 0.771. The van der Waals surface area contributed by atoms with Gasteiger partial charge in [0.1, 0.15) is 4.90 Å². The summed E-state index contributed by atoms with van der Waals surface area (Å²) in [4.78, 5) is 12.3. The second kappa shape index (κ2) is 5.63. The van der Waals surface area contributed by atoms with Crippen LogP contribution in [0.3, 0.4) is 0 Å². The molecule has 1 amide bonds. The summed E-state index contributed by atoms with van der Waals surface area (Å²) in [6.45, 7) is 2.29. The number of hydrogen-bond donors (Lipinski definition) is 0. The van der Waals surface area contributed by atoms with Crippen molar-refractivity contribution in [1.82, 2.24) is 4.31 Å². The van der Waals surface area contributed by atoms with Gasteiger partial charge < -0.3 is 0 Å². The Morgan fingerprint density at radius 2 is 2.00 bits per heavy atom. The molecule has 0 radical (unpaired) electrons. The topological polar surface area (TPSA) is 54.5 Å². The van der Waals surface area contributed by atoms with Gasteiger partial charge in [-0.05, 0) is 24.5 Å². The predicted molar refractivity (Wildman–Crippen MR) is 76.9 cm³/mol. The molecule has 1 heterocycles. The zero-order chi connectivity index (χ0) is 14.0. The molecule has 19 heavy (non-hydrogen) atoms. The minimum Gasteiger partial charge on any atom is -0.268 e. The van der Waals surface area contributed by atoms with E-state index in [1.165, 1.54) is 6.07 Å². The summed E-state index contributed by atoms with van der Waals surface area (Å²) in [5.41, 5.74) is 0.285. The number of halogens is 1. The van der Waals surface area contributed by atoms with Gasteiger partial charge in [0, 0.05) is 11.9 Å². The van der Waals surface area contributed by atoms with E-state index in [9.17, 15) is 13.2 Å². The van der Waals surface area contributed by atoms with Gasteiger partial charge in [-0.1, -0.05) is 41.4 Å². The van der Waals surface area contributed by atoms with Gasteiger partial charge in [-0.15, -0.1) is 0 Å². The summed E-state index contributed by atoms with van der Waals surface area (Å²) in [5.74, 6) is -0.254. The second-order valence-corrected chi connectivity index (χ2v) is 7.12. The third-order valence-corrected chi connectivity index (χ3v) is 5.97. The van der Waals surface area contributed by atoms with E-state index in [0.29, 0.717) is 5.33 Å². The van der Waals surface area contributed by atoms with Crippen LogP contribution in [-0.4, -0.2) is 30.5 Å². The lowest BCUT2D eigenvalue weighted by molar-refractivity contribution is 0.0858. The van der Waals surface area contributed by atoms with Crippen molar-refractivity contribution in [1.29, 1.82) is 0 Å². The van der Waals surface area contributed by atoms with E-state index in [1.807, 2.05) is 6.92 Å². The van der Waals surface area contributed by atoms with Crippen LogP contribution < -0.4 is 0 Å². The molecular weight excluding hydrogens is 330 g/mol. The Labute approximate surface area is 122 Å². The zero-order valence-electron chi connectivity index (χ0n) is 10.7. The maximum absolute atomic E-state index is 12.3. The molecule has 104 valence electrons. The minimum atomic E-state index is -3.66. The monoisotopic (exact) mass is 345 g/mol. The molecule has 0 spiro atoms. The van der Waals surface area contributed by atoms with E-state index >= 15 is 0 Å². The van der Waals surface area contributed by atoms with E-state index in [-0.39, 0.29) is 22.9 Å². The standard InChI is InChI=1S/C13H16BrNO3S/c1-2-5-10(8-14)9-15-13(16)11-6-3-4-7-12(11)19(15,17)18/h3-4,6-7,10H,2,5,8-9H2,1H3. The summed E-state index contributed by atoms with van der Waals surface area (Å²) >= 11 is 3.38. The number of nitrogens with zero attached hydrogens (tertiary/aromatic N) is 1. The molecule has 4 nitrogen and oxygen atoms in total. The van der Waals surface area contributed by atoms with Crippen LogP contribution in [0, 0.1) is 5.92 Å². The Bertz CT molecular complexity index is 585. The summed E-state index contributed by atoms with van der Waals surface area (Å²) < 4.78 is 25.7. The molecule has 6 heteroatoms.